The molecule has 21 heavy (non-hydrogen) atoms. The van der Waals surface area contributed by atoms with E-state index in [9.17, 15) is 0 Å². The first-order valence-electron chi connectivity index (χ1n) is 7.69. The molecule has 0 spiro atoms. The summed E-state index contributed by atoms with van der Waals surface area (Å²) in [5.74, 6) is 0.917. The number of fused-ring (bicyclic) bond motifs is 1. The first-order chi connectivity index (χ1) is 10.1. The lowest BCUT2D eigenvalue weighted by atomic mass is 10.1. The molecule has 0 radical (unpaired) electrons. The highest BCUT2D eigenvalue weighted by molar-refractivity contribution is 5.84. The molecule has 112 valence electrons. The van der Waals surface area contributed by atoms with Crippen molar-refractivity contribution < 1.29 is 4.74 Å². The second-order valence-corrected chi connectivity index (χ2v) is 6.21. The van der Waals surface area contributed by atoms with E-state index < -0.39 is 0 Å². The van der Waals surface area contributed by atoms with Crippen LogP contribution in [-0.2, 0) is 6.54 Å². The average molecular weight is 284 g/mol. The lowest BCUT2D eigenvalue weighted by Crippen LogP contribution is -2.53. The van der Waals surface area contributed by atoms with E-state index >= 15 is 0 Å². The summed E-state index contributed by atoms with van der Waals surface area (Å²) in [5.41, 5.74) is 1.38. The maximum Gasteiger partial charge on any atom is 0.119 e. The van der Waals surface area contributed by atoms with Crippen LogP contribution in [0.25, 0.3) is 10.8 Å². The molecule has 2 aromatic rings. The number of nitrogens with one attached hydrogen (secondary N) is 1. The zero-order valence-electron chi connectivity index (χ0n) is 13.1. The van der Waals surface area contributed by atoms with Crippen LogP contribution in [0.3, 0.4) is 0 Å². The number of ether oxygens (including phenoxy) is 1. The summed E-state index contributed by atoms with van der Waals surface area (Å²) in [7, 11) is 1.71. The van der Waals surface area contributed by atoms with Crippen LogP contribution in [0, 0.1) is 0 Å². The molecule has 1 aliphatic heterocycles. The molecule has 0 amide bonds. The molecule has 0 aromatic heterocycles. The minimum atomic E-state index is 0.568. The van der Waals surface area contributed by atoms with Crippen LogP contribution in [-0.4, -0.2) is 37.2 Å². The molecular formula is C18H24N2O. The maximum atomic E-state index is 5.28. The third kappa shape index (κ3) is 3.36. The molecular weight excluding hydrogens is 260 g/mol. The monoisotopic (exact) mass is 284 g/mol. The fourth-order valence-corrected chi connectivity index (χ4v) is 3.33. The number of rotatable bonds is 3. The van der Waals surface area contributed by atoms with Gasteiger partial charge in [-0.2, -0.15) is 0 Å². The molecule has 3 heteroatoms. The minimum Gasteiger partial charge on any atom is -0.497 e. The van der Waals surface area contributed by atoms with E-state index in [2.05, 4.69) is 54.4 Å². The van der Waals surface area contributed by atoms with E-state index in [0.717, 1.165) is 25.4 Å². The van der Waals surface area contributed by atoms with Gasteiger partial charge in [0.15, 0.2) is 0 Å². The Labute approximate surface area is 126 Å². The second kappa shape index (κ2) is 6.04. The number of nitrogens with zero attached hydrogens (tertiary/aromatic N) is 1. The topological polar surface area (TPSA) is 24.5 Å². The lowest BCUT2D eigenvalue weighted by Gasteiger charge is -2.36. The molecule has 1 saturated heterocycles. The number of benzene rings is 2. The molecule has 1 N–H and O–H groups in total. The molecule has 3 rings (SSSR count). The fraction of sp³-hybridized carbons (Fsp3) is 0.444. The van der Waals surface area contributed by atoms with Crippen LogP contribution < -0.4 is 10.1 Å². The van der Waals surface area contributed by atoms with Crippen molar-refractivity contribution in [2.24, 2.45) is 0 Å². The van der Waals surface area contributed by atoms with E-state index in [0.29, 0.717) is 12.1 Å². The van der Waals surface area contributed by atoms with Gasteiger partial charge in [-0.3, -0.25) is 4.90 Å². The van der Waals surface area contributed by atoms with Gasteiger partial charge in [0.2, 0.25) is 0 Å². The minimum absolute atomic E-state index is 0.568. The van der Waals surface area contributed by atoms with Gasteiger partial charge in [0.05, 0.1) is 7.11 Å². The van der Waals surface area contributed by atoms with Gasteiger partial charge in [-0.15, -0.1) is 0 Å². The Balaban J connectivity index is 1.78. The number of hydrogen-bond donors (Lipinski definition) is 1. The van der Waals surface area contributed by atoms with Crippen LogP contribution >= 0.6 is 0 Å². The summed E-state index contributed by atoms with van der Waals surface area (Å²) in [5, 5.41) is 6.10. The Bertz CT molecular complexity index is 616. The van der Waals surface area contributed by atoms with Crippen molar-refractivity contribution >= 4 is 10.8 Å². The molecule has 2 aromatic carbocycles. The fourth-order valence-electron chi connectivity index (χ4n) is 3.33. The van der Waals surface area contributed by atoms with Crippen LogP contribution in [0.4, 0.5) is 0 Å². The van der Waals surface area contributed by atoms with Crippen molar-refractivity contribution in [2.45, 2.75) is 32.5 Å². The highest BCUT2D eigenvalue weighted by Gasteiger charge is 2.20. The highest BCUT2D eigenvalue weighted by atomic mass is 16.5. The summed E-state index contributed by atoms with van der Waals surface area (Å²) in [6.07, 6.45) is 0. The van der Waals surface area contributed by atoms with E-state index in [1.807, 2.05) is 6.07 Å². The van der Waals surface area contributed by atoms with Gasteiger partial charge in [-0.05, 0) is 48.4 Å². The van der Waals surface area contributed by atoms with Crippen LogP contribution in [0.15, 0.2) is 36.4 Å². The standard InChI is InChI=1S/C18H24N2O/c1-13-10-20(11-14(2)19-13)12-15-4-5-17-9-18(21-3)7-6-16(17)8-15/h4-9,13-14,19H,10-12H2,1-3H3. The quantitative estimate of drug-likeness (QED) is 0.937. The van der Waals surface area contributed by atoms with Crippen molar-refractivity contribution in [3.8, 4) is 5.75 Å². The molecule has 0 saturated carbocycles. The molecule has 1 fully saturated rings. The molecule has 0 aliphatic carbocycles. The molecule has 2 unspecified atom stereocenters. The average Bonchev–Trinajstić information content (AvgIpc) is 2.45. The normalized spacial score (nSPS) is 23.4. The van der Waals surface area contributed by atoms with Crippen molar-refractivity contribution in [3.63, 3.8) is 0 Å². The summed E-state index contributed by atoms with van der Waals surface area (Å²) in [4.78, 5) is 2.54. The van der Waals surface area contributed by atoms with Crippen molar-refractivity contribution in [1.29, 1.82) is 0 Å². The maximum absolute atomic E-state index is 5.28. The predicted octanol–water partition coefficient (Wildman–Crippen LogP) is 3.03. The van der Waals surface area contributed by atoms with E-state index in [1.165, 1.54) is 16.3 Å². The van der Waals surface area contributed by atoms with Crippen LogP contribution in [0.5, 0.6) is 5.75 Å². The molecule has 3 nitrogen and oxygen atoms in total. The Morgan fingerprint density at radius 1 is 1.05 bits per heavy atom. The first-order valence-corrected chi connectivity index (χ1v) is 7.69. The zero-order chi connectivity index (χ0) is 14.8. The molecule has 0 bridgehead atoms. The van der Waals surface area contributed by atoms with Crippen molar-refractivity contribution in [1.82, 2.24) is 10.2 Å². The molecule has 2 atom stereocenters. The lowest BCUT2D eigenvalue weighted by molar-refractivity contribution is 0.166. The molecule has 1 heterocycles. The zero-order valence-corrected chi connectivity index (χ0v) is 13.1. The Kier molecular flexibility index (Phi) is 4.13. The van der Waals surface area contributed by atoms with Gasteiger partial charge in [0, 0.05) is 31.7 Å². The third-order valence-electron chi connectivity index (χ3n) is 4.15. The summed E-state index contributed by atoms with van der Waals surface area (Å²) < 4.78 is 5.28. The van der Waals surface area contributed by atoms with Crippen LogP contribution in [0.1, 0.15) is 19.4 Å². The van der Waals surface area contributed by atoms with Crippen LogP contribution in [0.2, 0.25) is 0 Å². The number of hydrogen-bond acceptors (Lipinski definition) is 3. The number of piperazine rings is 1. The smallest absolute Gasteiger partial charge is 0.119 e. The highest BCUT2D eigenvalue weighted by Crippen LogP contribution is 2.22. The molecule has 1 aliphatic rings. The predicted molar refractivity (Wildman–Crippen MR) is 87.8 cm³/mol. The van der Waals surface area contributed by atoms with Gasteiger partial charge in [-0.25, -0.2) is 0 Å². The Morgan fingerprint density at radius 2 is 1.71 bits per heavy atom. The van der Waals surface area contributed by atoms with Gasteiger partial charge >= 0.3 is 0 Å². The van der Waals surface area contributed by atoms with E-state index in [1.54, 1.807) is 7.11 Å². The number of methoxy groups -OCH3 is 1. The van der Waals surface area contributed by atoms with Crippen molar-refractivity contribution in [2.75, 3.05) is 20.2 Å². The first kappa shape index (κ1) is 14.4. The van der Waals surface area contributed by atoms with Gasteiger partial charge < -0.3 is 10.1 Å². The van der Waals surface area contributed by atoms with E-state index in [4.69, 9.17) is 4.74 Å². The summed E-state index contributed by atoms with van der Waals surface area (Å²) >= 11 is 0. The second-order valence-electron chi connectivity index (χ2n) is 6.21. The Morgan fingerprint density at radius 3 is 2.43 bits per heavy atom. The van der Waals surface area contributed by atoms with Gasteiger partial charge in [0.25, 0.3) is 0 Å². The van der Waals surface area contributed by atoms with Crippen molar-refractivity contribution in [3.05, 3.63) is 42.0 Å². The Hall–Kier alpha value is -1.58. The van der Waals surface area contributed by atoms with Gasteiger partial charge in [-0.1, -0.05) is 18.2 Å². The summed E-state index contributed by atoms with van der Waals surface area (Å²) in [6.45, 7) is 7.78. The van der Waals surface area contributed by atoms with Gasteiger partial charge in [0.1, 0.15) is 5.75 Å². The SMILES string of the molecule is COc1ccc2cc(CN3CC(C)NC(C)C3)ccc2c1. The third-order valence-corrected chi connectivity index (χ3v) is 4.15. The summed E-state index contributed by atoms with van der Waals surface area (Å²) in [6, 6.07) is 14.1. The van der Waals surface area contributed by atoms with E-state index in [-0.39, 0.29) is 0 Å². The largest absolute Gasteiger partial charge is 0.497 e.